The number of carboxylic acids is 2. The predicted molar refractivity (Wildman–Crippen MR) is 116 cm³/mol. The number of aromatic nitrogens is 1. The Morgan fingerprint density at radius 3 is 2.28 bits per heavy atom. The van der Waals surface area contributed by atoms with Gasteiger partial charge in [-0.3, -0.25) is 4.90 Å². The number of ether oxygens (including phenoxy) is 1. The Balaban J connectivity index is 0.000000271. The molecule has 4 heterocycles. The largest absolute Gasteiger partial charge is 0.490 e. The number of rotatable bonds is 5. The minimum atomic E-state index is -5.08. The number of hydrogen-bond acceptors (Lipinski definition) is 7. The number of hydrogen-bond donors (Lipinski definition) is 3. The van der Waals surface area contributed by atoms with Crippen LogP contribution in [-0.4, -0.2) is 77.2 Å². The van der Waals surface area contributed by atoms with Crippen molar-refractivity contribution in [2.24, 2.45) is 11.3 Å². The maximum atomic E-state index is 10.6. The molecule has 2 aromatic rings. The van der Waals surface area contributed by atoms with Crippen molar-refractivity contribution in [2.45, 2.75) is 18.9 Å². The molecule has 3 N–H and O–H groups in total. The molecule has 4 rings (SSSR count). The van der Waals surface area contributed by atoms with Crippen molar-refractivity contribution in [2.75, 3.05) is 38.2 Å². The molecule has 0 bridgehead atoms. The Hall–Kier alpha value is -2.91. The van der Waals surface area contributed by atoms with E-state index in [1.807, 2.05) is 24.4 Å². The summed E-state index contributed by atoms with van der Waals surface area (Å²) in [5.74, 6) is -3.93. The van der Waals surface area contributed by atoms with Gasteiger partial charge in [0.2, 0.25) is 0 Å². The molecule has 36 heavy (non-hydrogen) atoms. The highest BCUT2D eigenvalue weighted by atomic mass is 32.1. The Morgan fingerprint density at radius 2 is 1.78 bits per heavy atom. The fourth-order valence-corrected chi connectivity index (χ4v) is 4.35. The number of carbonyl (C=O) groups is 2. The van der Waals surface area contributed by atoms with E-state index >= 15 is 0 Å². The molecular weight excluding hydrogens is 520 g/mol. The third kappa shape index (κ3) is 8.95. The fourth-order valence-electron chi connectivity index (χ4n) is 3.69. The van der Waals surface area contributed by atoms with Gasteiger partial charge in [0.1, 0.15) is 5.82 Å². The summed E-state index contributed by atoms with van der Waals surface area (Å²) in [6.45, 7) is 5.99. The molecule has 0 radical (unpaired) electrons. The van der Waals surface area contributed by atoms with Crippen molar-refractivity contribution in [3.05, 3.63) is 46.8 Å². The van der Waals surface area contributed by atoms with E-state index in [4.69, 9.17) is 24.5 Å². The highest BCUT2D eigenvalue weighted by molar-refractivity contribution is 7.07. The van der Waals surface area contributed by atoms with Crippen molar-refractivity contribution in [1.29, 1.82) is 0 Å². The van der Waals surface area contributed by atoms with E-state index < -0.39 is 24.3 Å². The summed E-state index contributed by atoms with van der Waals surface area (Å²) in [5, 5.41) is 22.2. The summed E-state index contributed by atoms with van der Waals surface area (Å²) in [5.41, 5.74) is 1.66. The molecule has 2 aromatic heterocycles. The number of aliphatic carboxylic acids is 2. The number of halogens is 6. The van der Waals surface area contributed by atoms with Crippen LogP contribution < -0.4 is 5.32 Å². The highest BCUT2D eigenvalue weighted by Gasteiger charge is 2.50. The van der Waals surface area contributed by atoms with Crippen LogP contribution >= 0.6 is 11.3 Å². The van der Waals surface area contributed by atoms with E-state index in [0.29, 0.717) is 5.92 Å². The molecular formula is C21H23F6N3O5S. The first-order chi connectivity index (χ1) is 16.7. The Labute approximate surface area is 205 Å². The van der Waals surface area contributed by atoms with E-state index in [9.17, 15) is 26.3 Å². The topological polar surface area (TPSA) is 112 Å². The van der Waals surface area contributed by atoms with Crippen LogP contribution in [0.4, 0.5) is 32.2 Å². The van der Waals surface area contributed by atoms with Gasteiger partial charge < -0.3 is 20.3 Å². The average molecular weight is 543 g/mol. The molecule has 2 atom stereocenters. The zero-order valence-corrected chi connectivity index (χ0v) is 19.4. The van der Waals surface area contributed by atoms with E-state index in [1.165, 1.54) is 5.56 Å². The Morgan fingerprint density at radius 1 is 1.14 bits per heavy atom. The molecule has 0 unspecified atom stereocenters. The summed E-state index contributed by atoms with van der Waals surface area (Å²) >= 11 is 1.78. The predicted octanol–water partition coefficient (Wildman–Crippen LogP) is 3.97. The molecule has 0 aliphatic carbocycles. The van der Waals surface area contributed by atoms with Gasteiger partial charge in [0.15, 0.2) is 0 Å². The second-order valence-electron chi connectivity index (χ2n) is 8.05. The van der Waals surface area contributed by atoms with Gasteiger partial charge >= 0.3 is 24.3 Å². The SMILES string of the molecule is O=C(O)C(F)(F)F.O=C(O)C(F)(F)F.c1ccc(NC[C@]23COC[C@H]2CN(Cc2ccsc2)C3)nc1. The van der Waals surface area contributed by atoms with E-state index in [-0.39, 0.29) is 5.41 Å². The molecule has 0 aromatic carbocycles. The van der Waals surface area contributed by atoms with Crippen LogP contribution in [0.1, 0.15) is 5.56 Å². The molecule has 15 heteroatoms. The van der Waals surface area contributed by atoms with Crippen LogP contribution in [0.2, 0.25) is 0 Å². The van der Waals surface area contributed by atoms with Crippen molar-refractivity contribution < 1.29 is 50.9 Å². The molecule has 2 aliphatic heterocycles. The Kier molecular flexibility index (Phi) is 10.1. The van der Waals surface area contributed by atoms with Crippen molar-refractivity contribution >= 4 is 29.1 Å². The average Bonchev–Trinajstić information content (AvgIpc) is 3.49. The van der Waals surface area contributed by atoms with Crippen molar-refractivity contribution in [3.63, 3.8) is 0 Å². The summed E-state index contributed by atoms with van der Waals surface area (Å²) < 4.78 is 69.3. The molecule has 200 valence electrons. The Bertz CT molecular complexity index is 951. The maximum Gasteiger partial charge on any atom is 0.490 e. The van der Waals surface area contributed by atoms with E-state index in [0.717, 1.165) is 45.2 Å². The molecule has 0 saturated carbocycles. The number of nitrogens with zero attached hydrogens (tertiary/aromatic N) is 2. The first kappa shape index (κ1) is 29.3. The van der Waals surface area contributed by atoms with Crippen molar-refractivity contribution in [3.8, 4) is 0 Å². The van der Waals surface area contributed by atoms with Crippen LogP contribution in [0, 0.1) is 11.3 Å². The standard InChI is InChI=1S/C17H21N3OS.2C2HF3O2/c1-2-5-18-16(3-1)19-11-17-12-20(7-14-4-6-22-10-14)8-15(17)9-21-13-17;2*3-2(4,5)1(6)7/h1-6,10,15H,7-9,11-13H2,(H,18,19);2*(H,6,7)/t15-,17+;;/m1../s1. The van der Waals surface area contributed by atoms with Crippen LogP contribution in [-0.2, 0) is 20.9 Å². The third-order valence-corrected chi connectivity index (χ3v) is 6.08. The first-order valence-electron chi connectivity index (χ1n) is 10.3. The summed E-state index contributed by atoms with van der Waals surface area (Å²) in [6, 6.07) is 8.23. The lowest BCUT2D eigenvalue weighted by Crippen LogP contribution is -2.37. The van der Waals surface area contributed by atoms with Gasteiger partial charge in [0, 0.05) is 43.7 Å². The lowest BCUT2D eigenvalue weighted by Gasteiger charge is -2.27. The molecule has 2 fully saturated rings. The minimum Gasteiger partial charge on any atom is -0.475 e. The van der Waals surface area contributed by atoms with E-state index in [2.05, 4.69) is 32.0 Å². The first-order valence-corrected chi connectivity index (χ1v) is 11.2. The smallest absolute Gasteiger partial charge is 0.475 e. The van der Waals surface area contributed by atoms with Gasteiger partial charge in [-0.25, -0.2) is 14.6 Å². The van der Waals surface area contributed by atoms with Crippen LogP contribution in [0.15, 0.2) is 41.2 Å². The number of fused-ring (bicyclic) bond motifs is 1. The van der Waals surface area contributed by atoms with E-state index in [1.54, 1.807) is 11.3 Å². The fraction of sp³-hybridized carbons (Fsp3) is 0.476. The monoisotopic (exact) mass is 543 g/mol. The highest BCUT2D eigenvalue weighted by Crippen LogP contribution is 2.41. The van der Waals surface area contributed by atoms with Gasteiger partial charge in [0.25, 0.3) is 0 Å². The van der Waals surface area contributed by atoms with Gasteiger partial charge in [0.05, 0.1) is 13.2 Å². The zero-order chi connectivity index (χ0) is 27.0. The minimum absolute atomic E-state index is 0.230. The zero-order valence-electron chi connectivity index (χ0n) is 18.6. The number of pyridine rings is 1. The lowest BCUT2D eigenvalue weighted by atomic mass is 9.81. The van der Waals surface area contributed by atoms with Gasteiger partial charge in [-0.05, 0) is 34.5 Å². The number of thiophene rings is 1. The molecule has 0 amide bonds. The molecule has 2 saturated heterocycles. The lowest BCUT2D eigenvalue weighted by molar-refractivity contribution is -0.193. The quantitative estimate of drug-likeness (QED) is 0.486. The van der Waals surface area contributed by atoms with Crippen LogP contribution in [0.5, 0.6) is 0 Å². The summed E-state index contributed by atoms with van der Waals surface area (Å²) in [4.78, 5) is 24.7. The number of alkyl halides is 6. The second-order valence-corrected chi connectivity index (χ2v) is 8.83. The van der Waals surface area contributed by atoms with Crippen LogP contribution in [0.3, 0.4) is 0 Å². The number of likely N-dealkylation sites (tertiary alicyclic amines) is 1. The molecule has 8 nitrogen and oxygen atoms in total. The van der Waals surface area contributed by atoms with Gasteiger partial charge in [-0.1, -0.05) is 6.07 Å². The van der Waals surface area contributed by atoms with Gasteiger partial charge in [-0.15, -0.1) is 0 Å². The molecule has 0 spiro atoms. The summed E-state index contributed by atoms with van der Waals surface area (Å²) in [6.07, 6.45) is -8.33. The number of anilines is 1. The van der Waals surface area contributed by atoms with Crippen LogP contribution in [0.25, 0.3) is 0 Å². The number of nitrogens with one attached hydrogen (secondary N) is 1. The molecule has 2 aliphatic rings. The third-order valence-electron chi connectivity index (χ3n) is 5.35. The number of carboxylic acid groups (broad SMARTS) is 2. The second kappa shape index (κ2) is 12.4. The van der Waals surface area contributed by atoms with Gasteiger partial charge in [-0.2, -0.15) is 37.7 Å². The normalized spacial score (nSPS) is 21.4. The maximum absolute atomic E-state index is 10.6. The van der Waals surface area contributed by atoms with Crippen molar-refractivity contribution in [1.82, 2.24) is 9.88 Å². The summed E-state index contributed by atoms with van der Waals surface area (Å²) in [7, 11) is 0.